The quantitative estimate of drug-likeness (QED) is 0.766. The van der Waals surface area contributed by atoms with Crippen LogP contribution >= 0.6 is 11.3 Å². The molecule has 0 aliphatic heterocycles. The molecule has 21 heavy (non-hydrogen) atoms. The van der Waals surface area contributed by atoms with Crippen LogP contribution in [0.5, 0.6) is 0 Å². The normalized spacial score (nSPS) is 12.0. The van der Waals surface area contributed by atoms with E-state index < -0.39 is 5.76 Å². The second kappa shape index (κ2) is 5.07. The van der Waals surface area contributed by atoms with Crippen molar-refractivity contribution < 1.29 is 4.42 Å². The summed E-state index contributed by atoms with van der Waals surface area (Å²) in [4.78, 5) is 16.5. The van der Waals surface area contributed by atoms with Gasteiger partial charge in [-0.05, 0) is 35.7 Å². The van der Waals surface area contributed by atoms with E-state index in [2.05, 4.69) is 43.2 Å². The van der Waals surface area contributed by atoms with Crippen molar-refractivity contribution in [2.45, 2.75) is 32.7 Å². The van der Waals surface area contributed by atoms with Crippen molar-refractivity contribution in [2.24, 2.45) is 0 Å². The standard InChI is InChI=1S/C16H18N2O2S/c1-16(2,3)14-7-5-11(21-14)9-17-10-4-6-13-12(8-10)18-15(19)20-13/h4-8,17H,9H2,1-3H3,(H,18,19). The number of hydrogen-bond acceptors (Lipinski definition) is 4. The van der Waals surface area contributed by atoms with Crippen molar-refractivity contribution in [1.29, 1.82) is 0 Å². The van der Waals surface area contributed by atoms with E-state index in [-0.39, 0.29) is 5.41 Å². The van der Waals surface area contributed by atoms with Crippen molar-refractivity contribution in [3.8, 4) is 0 Å². The minimum absolute atomic E-state index is 0.193. The lowest BCUT2D eigenvalue weighted by Gasteiger charge is -2.15. The number of hydrogen-bond donors (Lipinski definition) is 2. The molecule has 5 heteroatoms. The van der Waals surface area contributed by atoms with Crippen molar-refractivity contribution in [1.82, 2.24) is 4.98 Å². The topological polar surface area (TPSA) is 58.0 Å². The van der Waals surface area contributed by atoms with E-state index in [0.717, 1.165) is 12.2 Å². The zero-order valence-corrected chi connectivity index (χ0v) is 13.1. The zero-order chi connectivity index (χ0) is 15.0. The molecule has 0 aliphatic rings. The first-order valence-corrected chi connectivity index (χ1v) is 7.69. The second-order valence-corrected chi connectivity index (χ2v) is 7.26. The second-order valence-electron chi connectivity index (χ2n) is 6.09. The number of aromatic amines is 1. The molecule has 1 aromatic carbocycles. The predicted octanol–water partition coefficient (Wildman–Crippen LogP) is 4.09. The highest BCUT2D eigenvalue weighted by atomic mass is 32.1. The Morgan fingerprint density at radius 2 is 2.05 bits per heavy atom. The van der Waals surface area contributed by atoms with Gasteiger partial charge in [0.1, 0.15) is 0 Å². The Labute approximate surface area is 126 Å². The average molecular weight is 302 g/mol. The molecule has 0 amide bonds. The molecule has 0 spiro atoms. The average Bonchev–Trinajstić information content (AvgIpc) is 3.00. The molecule has 0 saturated carbocycles. The maximum Gasteiger partial charge on any atom is 0.417 e. The Kier molecular flexibility index (Phi) is 3.37. The molecule has 0 atom stereocenters. The predicted molar refractivity (Wildman–Crippen MR) is 87.2 cm³/mol. The van der Waals surface area contributed by atoms with Gasteiger partial charge in [0, 0.05) is 22.0 Å². The molecule has 0 fully saturated rings. The van der Waals surface area contributed by atoms with Gasteiger partial charge < -0.3 is 9.73 Å². The van der Waals surface area contributed by atoms with E-state index in [1.54, 1.807) is 6.07 Å². The van der Waals surface area contributed by atoms with Gasteiger partial charge in [-0.25, -0.2) is 4.79 Å². The van der Waals surface area contributed by atoms with Crippen molar-refractivity contribution in [2.75, 3.05) is 5.32 Å². The maximum absolute atomic E-state index is 11.1. The molecular formula is C16H18N2O2S. The van der Waals surface area contributed by atoms with Crippen LogP contribution in [0, 0.1) is 0 Å². The summed E-state index contributed by atoms with van der Waals surface area (Å²) in [5.74, 6) is -0.421. The third kappa shape index (κ3) is 3.03. The molecular weight excluding hydrogens is 284 g/mol. The van der Waals surface area contributed by atoms with Gasteiger partial charge in [0.15, 0.2) is 5.58 Å². The molecule has 2 aromatic heterocycles. The third-order valence-corrected chi connectivity index (χ3v) is 4.80. The maximum atomic E-state index is 11.1. The van der Waals surface area contributed by atoms with Crippen LogP contribution in [0.1, 0.15) is 30.5 Å². The van der Waals surface area contributed by atoms with Gasteiger partial charge in [0.2, 0.25) is 0 Å². The van der Waals surface area contributed by atoms with E-state index in [0.29, 0.717) is 11.1 Å². The van der Waals surface area contributed by atoms with Crippen LogP contribution in [0.2, 0.25) is 0 Å². The van der Waals surface area contributed by atoms with Gasteiger partial charge >= 0.3 is 5.76 Å². The fourth-order valence-corrected chi connectivity index (χ4v) is 3.13. The van der Waals surface area contributed by atoms with Crippen molar-refractivity contribution in [3.05, 3.63) is 50.6 Å². The Balaban J connectivity index is 1.74. The lowest BCUT2D eigenvalue weighted by Crippen LogP contribution is -2.07. The largest absolute Gasteiger partial charge is 0.417 e. The summed E-state index contributed by atoms with van der Waals surface area (Å²) in [5.41, 5.74) is 2.45. The zero-order valence-electron chi connectivity index (χ0n) is 12.3. The first kappa shape index (κ1) is 13.9. The SMILES string of the molecule is CC(C)(C)c1ccc(CNc2ccc3oc(=O)[nH]c3c2)s1. The summed E-state index contributed by atoms with van der Waals surface area (Å²) < 4.78 is 4.99. The molecule has 0 aliphatic carbocycles. The Morgan fingerprint density at radius 3 is 2.76 bits per heavy atom. The van der Waals surface area contributed by atoms with Gasteiger partial charge in [0.25, 0.3) is 0 Å². The van der Waals surface area contributed by atoms with E-state index in [9.17, 15) is 4.79 Å². The summed E-state index contributed by atoms with van der Waals surface area (Å²) in [7, 11) is 0. The molecule has 0 unspecified atom stereocenters. The lowest BCUT2D eigenvalue weighted by atomic mass is 9.95. The Bertz CT molecular complexity index is 821. The molecule has 2 N–H and O–H groups in total. The highest BCUT2D eigenvalue weighted by molar-refractivity contribution is 7.12. The van der Waals surface area contributed by atoms with Crippen molar-refractivity contribution >= 4 is 28.1 Å². The van der Waals surface area contributed by atoms with Gasteiger partial charge in [-0.3, -0.25) is 4.98 Å². The number of nitrogens with one attached hydrogen (secondary N) is 2. The van der Waals surface area contributed by atoms with Gasteiger partial charge in [-0.1, -0.05) is 20.8 Å². The summed E-state index contributed by atoms with van der Waals surface area (Å²) in [6.45, 7) is 7.44. The summed E-state index contributed by atoms with van der Waals surface area (Å²) in [5, 5.41) is 3.37. The van der Waals surface area contributed by atoms with Gasteiger partial charge in [-0.15, -0.1) is 11.3 Å². The highest BCUT2D eigenvalue weighted by Crippen LogP contribution is 2.29. The van der Waals surface area contributed by atoms with Gasteiger partial charge in [0.05, 0.1) is 5.52 Å². The lowest BCUT2D eigenvalue weighted by molar-refractivity contribution is 0.555. The van der Waals surface area contributed by atoms with Crippen molar-refractivity contribution in [3.63, 3.8) is 0 Å². The van der Waals surface area contributed by atoms with Crippen LogP contribution in [-0.4, -0.2) is 4.98 Å². The Hall–Kier alpha value is -2.01. The number of fused-ring (bicyclic) bond motifs is 1. The van der Waals surface area contributed by atoms with Crippen LogP contribution in [0.4, 0.5) is 5.69 Å². The van der Waals surface area contributed by atoms with Crippen LogP contribution in [0.3, 0.4) is 0 Å². The van der Waals surface area contributed by atoms with Crippen LogP contribution in [-0.2, 0) is 12.0 Å². The third-order valence-electron chi connectivity index (χ3n) is 3.29. The van der Waals surface area contributed by atoms with Crippen LogP contribution in [0.25, 0.3) is 11.1 Å². The minimum Gasteiger partial charge on any atom is -0.408 e. The molecule has 110 valence electrons. The first-order chi connectivity index (χ1) is 9.91. The minimum atomic E-state index is -0.421. The van der Waals surface area contributed by atoms with Gasteiger partial charge in [-0.2, -0.15) is 0 Å². The van der Waals surface area contributed by atoms with E-state index in [1.807, 2.05) is 23.5 Å². The molecule has 3 rings (SSSR count). The molecule has 2 heterocycles. The Morgan fingerprint density at radius 1 is 1.24 bits per heavy atom. The summed E-state index contributed by atoms with van der Waals surface area (Å²) in [6.07, 6.45) is 0. The number of aromatic nitrogens is 1. The first-order valence-electron chi connectivity index (χ1n) is 6.88. The smallest absolute Gasteiger partial charge is 0.408 e. The van der Waals surface area contributed by atoms with Crippen LogP contribution < -0.4 is 11.1 Å². The molecule has 4 nitrogen and oxygen atoms in total. The van der Waals surface area contributed by atoms with E-state index in [4.69, 9.17) is 4.42 Å². The summed E-state index contributed by atoms with van der Waals surface area (Å²) >= 11 is 1.83. The number of benzene rings is 1. The monoisotopic (exact) mass is 302 g/mol. The fourth-order valence-electron chi connectivity index (χ4n) is 2.13. The molecule has 0 radical (unpaired) electrons. The number of oxazole rings is 1. The molecule has 0 saturated heterocycles. The number of rotatable bonds is 3. The highest BCUT2D eigenvalue weighted by Gasteiger charge is 2.15. The number of H-pyrrole nitrogens is 1. The number of anilines is 1. The van der Waals surface area contributed by atoms with E-state index >= 15 is 0 Å². The molecule has 0 bridgehead atoms. The van der Waals surface area contributed by atoms with Crippen LogP contribution in [0.15, 0.2) is 39.5 Å². The summed E-state index contributed by atoms with van der Waals surface area (Å²) in [6, 6.07) is 9.95. The number of thiophene rings is 1. The fraction of sp³-hybridized carbons (Fsp3) is 0.312. The van der Waals surface area contributed by atoms with E-state index in [1.165, 1.54) is 9.75 Å². The molecule has 3 aromatic rings.